The van der Waals surface area contributed by atoms with Crippen molar-refractivity contribution < 1.29 is 57.6 Å². The molecule has 22 heteroatoms. The summed E-state index contributed by atoms with van der Waals surface area (Å²) in [6.45, 7) is 1.79. The van der Waals surface area contributed by atoms with E-state index in [-0.39, 0.29) is 87.9 Å². The van der Waals surface area contributed by atoms with E-state index in [0.717, 1.165) is 0 Å². The number of carbonyl (C=O) groups is 3. The number of hydrogen-bond donors (Lipinski definition) is 3. The highest BCUT2D eigenvalue weighted by Crippen LogP contribution is 2.32. The van der Waals surface area contributed by atoms with Crippen LogP contribution in [0.25, 0.3) is 0 Å². The molecule has 3 N–H and O–H groups in total. The van der Waals surface area contributed by atoms with Crippen LogP contribution in [0.15, 0.2) is 127 Å². The van der Waals surface area contributed by atoms with Gasteiger partial charge in [-0.15, -0.1) is 0 Å². The van der Waals surface area contributed by atoms with E-state index in [1.807, 2.05) is 4.90 Å². The number of hydrogen-bond acceptors (Lipinski definition) is 16. The third-order valence-electron chi connectivity index (χ3n) is 10.3. The Bertz CT molecular complexity index is 2540. The summed E-state index contributed by atoms with van der Waals surface area (Å²) in [5.41, 5.74) is -0.260. The number of nitro benzene ring substituents is 3. The Kier molecular flexibility index (Phi) is 17.1. The van der Waals surface area contributed by atoms with Crippen LogP contribution in [0.3, 0.4) is 0 Å². The van der Waals surface area contributed by atoms with Crippen molar-refractivity contribution in [3.63, 3.8) is 0 Å². The molecule has 0 radical (unpaired) electrons. The van der Waals surface area contributed by atoms with Gasteiger partial charge in [0.15, 0.2) is 0 Å². The Morgan fingerprint density at radius 1 is 0.414 bits per heavy atom. The molecule has 0 atom stereocenters. The van der Waals surface area contributed by atoms with Gasteiger partial charge in [0.2, 0.25) is 0 Å². The molecule has 0 spiro atoms. The van der Waals surface area contributed by atoms with Gasteiger partial charge in [-0.3, -0.25) is 49.6 Å². The van der Waals surface area contributed by atoms with Crippen molar-refractivity contribution in [1.82, 2.24) is 4.90 Å². The maximum atomic E-state index is 13.0. The smallest absolute Gasteiger partial charge is 0.296 e. The molecule has 0 unspecified atom stereocenters. The monoisotopic (exact) mass is 959 g/mol. The van der Waals surface area contributed by atoms with Gasteiger partial charge >= 0.3 is 0 Å². The lowest BCUT2D eigenvalue weighted by Gasteiger charge is -2.23. The molecule has 0 saturated carbocycles. The second-order valence-electron chi connectivity index (χ2n) is 14.7. The topological polar surface area (TPSA) is 275 Å². The van der Waals surface area contributed by atoms with Gasteiger partial charge < -0.3 is 44.4 Å². The summed E-state index contributed by atoms with van der Waals surface area (Å²) in [4.78, 5) is 73.8. The number of methoxy groups -OCH3 is 3. The molecule has 362 valence electrons. The fourth-order valence-electron chi connectivity index (χ4n) is 6.59. The van der Waals surface area contributed by atoms with Crippen LogP contribution in [0.1, 0.15) is 31.1 Å². The number of rotatable bonds is 24. The Hall–Kier alpha value is -9.31. The van der Waals surface area contributed by atoms with E-state index in [9.17, 15) is 44.7 Å². The summed E-state index contributed by atoms with van der Waals surface area (Å²) >= 11 is 0. The summed E-state index contributed by atoms with van der Waals surface area (Å²) in [7, 11) is 4.13. The molecule has 6 rings (SSSR count). The van der Waals surface area contributed by atoms with Gasteiger partial charge in [0.05, 0.1) is 54.3 Å². The average Bonchev–Trinajstić information content (AvgIpc) is 3.36. The molecule has 0 heterocycles. The molecule has 0 aliphatic carbocycles. The highest BCUT2D eigenvalue weighted by molar-refractivity contribution is 6.07. The lowest BCUT2D eigenvalue weighted by molar-refractivity contribution is -0.384. The van der Waals surface area contributed by atoms with Crippen molar-refractivity contribution in [3.05, 3.63) is 174 Å². The van der Waals surface area contributed by atoms with Crippen molar-refractivity contribution in [3.8, 4) is 34.5 Å². The molecule has 0 bridgehead atoms. The molecular formula is C48H45N7O15. The maximum Gasteiger partial charge on any atom is 0.296 e. The van der Waals surface area contributed by atoms with Gasteiger partial charge in [-0.25, -0.2) is 0 Å². The first kappa shape index (κ1) is 50.1. The van der Waals surface area contributed by atoms with Crippen molar-refractivity contribution in [1.29, 1.82) is 0 Å². The van der Waals surface area contributed by atoms with Crippen molar-refractivity contribution >= 4 is 51.8 Å². The molecule has 0 aromatic heterocycles. The normalized spacial score (nSPS) is 10.6. The first-order chi connectivity index (χ1) is 33.7. The molecular weight excluding hydrogens is 915 g/mol. The third kappa shape index (κ3) is 13.6. The van der Waals surface area contributed by atoms with Gasteiger partial charge in [0.1, 0.15) is 71.4 Å². The number of amides is 3. The van der Waals surface area contributed by atoms with Gasteiger partial charge in [0.25, 0.3) is 34.8 Å². The molecule has 0 aliphatic rings. The summed E-state index contributed by atoms with van der Waals surface area (Å²) < 4.78 is 33.2. The van der Waals surface area contributed by atoms with Gasteiger partial charge in [-0.05, 0) is 109 Å². The van der Waals surface area contributed by atoms with Crippen molar-refractivity contribution in [2.24, 2.45) is 0 Å². The summed E-state index contributed by atoms with van der Waals surface area (Å²) in [6.07, 6.45) is 0. The van der Waals surface area contributed by atoms with Crippen molar-refractivity contribution in [2.45, 2.75) is 0 Å². The third-order valence-corrected chi connectivity index (χ3v) is 10.3. The largest absolute Gasteiger partial charge is 0.496 e. The first-order valence-corrected chi connectivity index (χ1v) is 21.1. The highest BCUT2D eigenvalue weighted by atomic mass is 16.6. The molecule has 6 aromatic carbocycles. The molecule has 22 nitrogen and oxygen atoms in total. The van der Waals surface area contributed by atoms with Crippen LogP contribution in [0.5, 0.6) is 34.5 Å². The van der Waals surface area contributed by atoms with Gasteiger partial charge in [-0.2, -0.15) is 0 Å². The summed E-state index contributed by atoms with van der Waals surface area (Å²) in [5, 5.41) is 42.4. The molecule has 0 fully saturated rings. The number of anilines is 3. The molecule has 70 heavy (non-hydrogen) atoms. The number of carbonyl (C=O) groups excluding carboxylic acids is 3. The lowest BCUT2D eigenvalue weighted by Crippen LogP contribution is -2.35. The summed E-state index contributed by atoms with van der Waals surface area (Å²) in [5.74, 6) is 0.456. The maximum absolute atomic E-state index is 13.0. The second kappa shape index (κ2) is 23.9. The number of nitrogens with zero attached hydrogens (tertiary/aromatic N) is 4. The van der Waals surface area contributed by atoms with Crippen LogP contribution in [0.4, 0.5) is 34.1 Å². The zero-order valence-electron chi connectivity index (χ0n) is 37.8. The van der Waals surface area contributed by atoms with E-state index >= 15 is 0 Å². The second-order valence-corrected chi connectivity index (χ2v) is 14.7. The van der Waals surface area contributed by atoms with E-state index in [2.05, 4.69) is 16.0 Å². The lowest BCUT2D eigenvalue weighted by atomic mass is 10.2. The zero-order valence-corrected chi connectivity index (χ0v) is 37.8. The first-order valence-electron chi connectivity index (χ1n) is 21.1. The van der Waals surface area contributed by atoms with E-state index in [1.54, 1.807) is 36.4 Å². The SMILES string of the molecule is COc1ccc(NC(=O)c2ccc(OCCN(CCOc3ccc(C(=O)Nc4ccc(OC)cc4[N+](=O)[O-])cc3)CCOc3ccc(C(=O)Nc4ccc(OC)cc4[N+](=O)[O-])cc3)cc2)c([N+](=O)[O-])c1. The zero-order chi connectivity index (χ0) is 50.2. The van der Waals surface area contributed by atoms with E-state index < -0.39 is 32.5 Å². The van der Waals surface area contributed by atoms with Crippen LogP contribution in [0, 0.1) is 30.3 Å². The van der Waals surface area contributed by atoms with Crippen LogP contribution in [-0.2, 0) is 0 Å². The van der Waals surface area contributed by atoms with Crippen LogP contribution < -0.4 is 44.4 Å². The van der Waals surface area contributed by atoms with E-state index in [4.69, 9.17) is 28.4 Å². The van der Waals surface area contributed by atoms with Crippen LogP contribution in [0.2, 0.25) is 0 Å². The molecule has 0 saturated heterocycles. The quantitative estimate of drug-likeness (QED) is 0.0382. The van der Waals surface area contributed by atoms with E-state index in [0.29, 0.717) is 36.9 Å². The average molecular weight is 960 g/mol. The highest BCUT2D eigenvalue weighted by Gasteiger charge is 2.21. The van der Waals surface area contributed by atoms with Crippen molar-refractivity contribution in [2.75, 3.05) is 76.7 Å². The summed E-state index contributed by atoms with van der Waals surface area (Å²) in [6, 6.07) is 31.0. The minimum atomic E-state index is -0.619. The van der Waals surface area contributed by atoms with Gasteiger partial charge in [0, 0.05) is 36.3 Å². The molecule has 0 aliphatic heterocycles. The fourth-order valence-corrected chi connectivity index (χ4v) is 6.59. The van der Waals surface area contributed by atoms with Crippen LogP contribution in [-0.4, -0.2) is 98.2 Å². The number of nitrogens with one attached hydrogen (secondary N) is 3. The predicted molar refractivity (Wildman–Crippen MR) is 255 cm³/mol. The minimum Gasteiger partial charge on any atom is -0.496 e. The predicted octanol–water partition coefficient (Wildman–Crippen LogP) is 8.03. The Morgan fingerprint density at radius 3 is 0.886 bits per heavy atom. The Morgan fingerprint density at radius 2 is 0.657 bits per heavy atom. The number of benzene rings is 6. The number of nitro groups is 3. The Balaban J connectivity index is 1.05. The molecule has 6 aromatic rings. The minimum absolute atomic E-state index is 0.00431. The molecule has 3 amide bonds. The Labute approximate surface area is 399 Å². The van der Waals surface area contributed by atoms with E-state index in [1.165, 1.54) is 112 Å². The standard InChI is InChI=1S/C48H45N7O15/c1-65-37-16-19-40(43(28-37)53(59)60)49-46(56)31-4-10-34(11-5-31)68-25-22-52(23-26-69-35-12-6-32(7-13-35)47(57)50-41-20-17-38(66-2)29-44(41)54(61)62)24-27-70-36-14-8-33(9-15-36)48(58)51-42-21-18-39(67-3)30-45(42)55(63)64/h4-21,28-30H,22-27H2,1-3H3,(H,49,56)(H,50,57)(H,51,58). The fraction of sp³-hybridized carbons (Fsp3) is 0.188. The number of ether oxygens (including phenoxy) is 6. The van der Waals surface area contributed by atoms with Gasteiger partial charge in [-0.1, -0.05) is 0 Å². The van der Waals surface area contributed by atoms with Crippen LogP contribution >= 0.6 is 0 Å².